The minimum Gasteiger partial charge on any atom is -0.497 e. The van der Waals surface area contributed by atoms with Gasteiger partial charge in [0.1, 0.15) is 22.4 Å². The van der Waals surface area contributed by atoms with Gasteiger partial charge in [0.2, 0.25) is 5.91 Å². The van der Waals surface area contributed by atoms with Gasteiger partial charge < -0.3 is 29.7 Å². The molecule has 1 amide bonds. The molecule has 0 bridgehead atoms. The SMILES string of the molecule is CN/C=C(\C=N)c1cnc2cc/c(=N\c3cc(OC)cc(OC)c3F)n(CC3CCC(=O)N3C)c2n1. The van der Waals surface area contributed by atoms with Crippen molar-refractivity contribution >= 4 is 34.5 Å². The lowest BCUT2D eigenvalue weighted by atomic mass is 10.2. The van der Waals surface area contributed by atoms with E-state index in [9.17, 15) is 4.79 Å². The number of carbonyl (C=O) groups excluding carboxylic acids is 1. The Morgan fingerprint density at radius 2 is 2.14 bits per heavy atom. The number of aromatic nitrogens is 3. The molecule has 1 atom stereocenters. The number of likely N-dealkylation sites (tertiary alicyclic amines) is 1. The number of allylic oxidation sites excluding steroid dienone is 1. The van der Waals surface area contributed by atoms with E-state index in [1.54, 1.807) is 43.5 Å². The highest BCUT2D eigenvalue weighted by molar-refractivity contribution is 6.07. The number of fused-ring (bicyclic) bond motifs is 1. The minimum absolute atomic E-state index is 0.0106. The summed E-state index contributed by atoms with van der Waals surface area (Å²) in [5.41, 5.74) is 2.59. The predicted molar refractivity (Wildman–Crippen MR) is 134 cm³/mol. The zero-order valence-corrected chi connectivity index (χ0v) is 20.6. The van der Waals surface area contributed by atoms with Crippen molar-refractivity contribution < 1.29 is 18.7 Å². The number of hydrogen-bond acceptors (Lipinski definition) is 8. The zero-order valence-electron chi connectivity index (χ0n) is 20.6. The number of carbonyl (C=O) groups is 1. The van der Waals surface area contributed by atoms with Gasteiger partial charge in [0, 0.05) is 63.2 Å². The third-order valence-electron chi connectivity index (χ3n) is 6.16. The van der Waals surface area contributed by atoms with Gasteiger partial charge in [-0.15, -0.1) is 0 Å². The second-order valence-electron chi connectivity index (χ2n) is 8.27. The number of hydrogen-bond donors (Lipinski definition) is 2. The first-order chi connectivity index (χ1) is 17.4. The molecule has 3 heterocycles. The van der Waals surface area contributed by atoms with Crippen molar-refractivity contribution in [2.45, 2.75) is 25.4 Å². The molecule has 1 saturated heterocycles. The first kappa shape index (κ1) is 24.8. The van der Waals surface area contributed by atoms with E-state index in [1.165, 1.54) is 32.6 Å². The molecule has 11 heteroatoms. The van der Waals surface area contributed by atoms with Crippen LogP contribution in [0.2, 0.25) is 0 Å². The summed E-state index contributed by atoms with van der Waals surface area (Å²) in [5, 5.41) is 10.7. The van der Waals surface area contributed by atoms with Gasteiger partial charge in [-0.1, -0.05) is 0 Å². The number of halogens is 1. The van der Waals surface area contributed by atoms with E-state index in [-0.39, 0.29) is 23.4 Å². The van der Waals surface area contributed by atoms with E-state index in [4.69, 9.17) is 19.9 Å². The molecule has 36 heavy (non-hydrogen) atoms. The monoisotopic (exact) mass is 493 g/mol. The van der Waals surface area contributed by atoms with E-state index < -0.39 is 5.82 Å². The van der Waals surface area contributed by atoms with Crippen molar-refractivity contribution in [3.63, 3.8) is 0 Å². The Morgan fingerprint density at radius 3 is 2.78 bits per heavy atom. The van der Waals surface area contributed by atoms with Crippen molar-refractivity contribution in [3.8, 4) is 11.5 Å². The summed E-state index contributed by atoms with van der Waals surface area (Å²) >= 11 is 0. The molecular formula is C25H28FN7O3. The molecule has 4 rings (SSSR count). The predicted octanol–water partition coefficient (Wildman–Crippen LogP) is 2.65. The number of pyridine rings is 1. The molecule has 2 N–H and O–H groups in total. The van der Waals surface area contributed by atoms with Crippen LogP contribution < -0.4 is 20.3 Å². The summed E-state index contributed by atoms with van der Waals surface area (Å²) in [4.78, 5) is 27.8. The maximum atomic E-state index is 15.1. The van der Waals surface area contributed by atoms with Crippen LogP contribution in [0.3, 0.4) is 0 Å². The Hall–Kier alpha value is -4.28. The Labute approximate surface area is 207 Å². The second kappa shape index (κ2) is 10.5. The van der Waals surface area contributed by atoms with Gasteiger partial charge in [0.15, 0.2) is 17.2 Å². The van der Waals surface area contributed by atoms with Crippen LogP contribution in [0.1, 0.15) is 18.5 Å². The molecule has 188 valence electrons. The van der Waals surface area contributed by atoms with E-state index >= 15 is 4.39 Å². The summed E-state index contributed by atoms with van der Waals surface area (Å²) in [5.74, 6) is -0.148. The quantitative estimate of drug-likeness (QED) is 0.466. The Kier molecular flexibility index (Phi) is 7.28. The number of nitrogens with zero attached hydrogens (tertiary/aromatic N) is 5. The smallest absolute Gasteiger partial charge is 0.222 e. The molecule has 0 spiro atoms. The van der Waals surface area contributed by atoms with Crippen LogP contribution >= 0.6 is 0 Å². The summed E-state index contributed by atoms with van der Waals surface area (Å²) in [7, 11) is 6.37. The molecule has 3 aromatic rings. The minimum atomic E-state index is -0.624. The van der Waals surface area contributed by atoms with Gasteiger partial charge in [-0.2, -0.15) is 0 Å². The highest BCUT2D eigenvalue weighted by Gasteiger charge is 2.28. The van der Waals surface area contributed by atoms with Crippen LogP contribution in [-0.2, 0) is 11.3 Å². The van der Waals surface area contributed by atoms with Crippen LogP contribution in [0.4, 0.5) is 10.1 Å². The molecule has 1 unspecified atom stereocenters. The number of ether oxygens (including phenoxy) is 2. The van der Waals surface area contributed by atoms with Crippen LogP contribution in [0.25, 0.3) is 16.7 Å². The number of likely N-dealkylation sites (N-methyl/N-ethyl adjacent to an activating group) is 1. The second-order valence-corrected chi connectivity index (χ2v) is 8.27. The average molecular weight is 494 g/mol. The lowest BCUT2D eigenvalue weighted by Crippen LogP contribution is -2.36. The summed E-state index contributed by atoms with van der Waals surface area (Å²) in [6, 6.07) is 6.34. The van der Waals surface area contributed by atoms with Crippen LogP contribution in [0.15, 0.2) is 41.7 Å². The van der Waals surface area contributed by atoms with Crippen molar-refractivity contribution in [3.05, 3.63) is 53.7 Å². The van der Waals surface area contributed by atoms with Gasteiger partial charge >= 0.3 is 0 Å². The third kappa shape index (κ3) is 4.77. The van der Waals surface area contributed by atoms with Crippen molar-refractivity contribution in [1.82, 2.24) is 24.8 Å². The van der Waals surface area contributed by atoms with Gasteiger partial charge in [-0.05, 0) is 18.6 Å². The molecule has 0 aliphatic carbocycles. The van der Waals surface area contributed by atoms with Gasteiger partial charge in [-0.25, -0.2) is 14.4 Å². The number of nitrogens with one attached hydrogen (secondary N) is 2. The van der Waals surface area contributed by atoms with Gasteiger partial charge in [-0.3, -0.25) is 9.78 Å². The normalized spacial score (nSPS) is 16.5. The highest BCUT2D eigenvalue weighted by Crippen LogP contribution is 2.32. The summed E-state index contributed by atoms with van der Waals surface area (Å²) < 4.78 is 27.4. The Morgan fingerprint density at radius 1 is 1.33 bits per heavy atom. The molecule has 1 fully saturated rings. The van der Waals surface area contributed by atoms with E-state index in [0.717, 1.165) is 0 Å². The summed E-state index contributed by atoms with van der Waals surface area (Å²) in [6.07, 6.45) is 5.57. The maximum Gasteiger partial charge on any atom is 0.222 e. The first-order valence-corrected chi connectivity index (χ1v) is 11.4. The molecule has 1 aliphatic rings. The third-order valence-corrected chi connectivity index (χ3v) is 6.16. The van der Waals surface area contributed by atoms with Crippen LogP contribution in [0.5, 0.6) is 11.5 Å². The number of rotatable bonds is 8. The van der Waals surface area contributed by atoms with Crippen molar-refractivity contribution in [2.24, 2.45) is 4.99 Å². The van der Waals surface area contributed by atoms with Crippen molar-refractivity contribution in [1.29, 1.82) is 5.41 Å². The topological polar surface area (TPSA) is 118 Å². The van der Waals surface area contributed by atoms with Gasteiger partial charge in [0.05, 0.1) is 26.1 Å². The van der Waals surface area contributed by atoms with E-state index in [1.807, 2.05) is 4.57 Å². The molecular weight excluding hydrogens is 465 g/mol. The maximum absolute atomic E-state index is 15.1. The number of methoxy groups -OCH3 is 2. The fraction of sp³-hybridized carbons (Fsp3) is 0.320. The molecule has 2 aromatic heterocycles. The lowest BCUT2D eigenvalue weighted by Gasteiger charge is -2.22. The molecule has 1 aromatic carbocycles. The molecule has 0 saturated carbocycles. The molecule has 1 aliphatic heterocycles. The fourth-order valence-corrected chi connectivity index (χ4v) is 4.14. The molecule has 0 radical (unpaired) electrons. The number of amides is 1. The molecule has 10 nitrogen and oxygen atoms in total. The first-order valence-electron chi connectivity index (χ1n) is 11.4. The fourth-order valence-electron chi connectivity index (χ4n) is 4.14. The lowest BCUT2D eigenvalue weighted by molar-refractivity contribution is -0.127. The van der Waals surface area contributed by atoms with E-state index in [0.29, 0.717) is 53.1 Å². The van der Waals surface area contributed by atoms with Gasteiger partial charge in [0.25, 0.3) is 0 Å². The van der Waals surface area contributed by atoms with Crippen LogP contribution in [-0.4, -0.2) is 65.9 Å². The van der Waals surface area contributed by atoms with Crippen molar-refractivity contribution in [2.75, 3.05) is 28.3 Å². The standard InChI is InChI=1S/C25H28FN7O3/c1-28-12-15(11-27)20-13-29-18-6-7-22(30-19-9-17(35-3)10-21(36-4)24(19)26)33(25(18)31-20)14-16-5-8-23(34)32(16)2/h6-7,9-13,16,27-28H,5,8,14H2,1-4H3/b15-12+,27-11?,30-22+. The van der Waals surface area contributed by atoms with Crippen LogP contribution in [0, 0.1) is 11.2 Å². The summed E-state index contributed by atoms with van der Waals surface area (Å²) in [6.45, 7) is 0.384. The van der Waals surface area contributed by atoms with E-state index in [2.05, 4.69) is 15.3 Å². The average Bonchev–Trinajstić information content (AvgIpc) is 3.21. The Balaban J connectivity index is 1.97. The number of benzene rings is 1. The zero-order chi connectivity index (χ0) is 25.8. The Bertz CT molecular complexity index is 1420. The largest absolute Gasteiger partial charge is 0.497 e. The highest BCUT2D eigenvalue weighted by atomic mass is 19.1.